The van der Waals surface area contributed by atoms with Crippen LogP contribution in [0.2, 0.25) is 0 Å². The summed E-state index contributed by atoms with van der Waals surface area (Å²) >= 11 is 0. The SMILES string of the molecule is COCC(Nc1ncccc1C(F)(F)F)C(=O)O. The molecule has 0 amide bonds. The van der Waals surface area contributed by atoms with E-state index in [0.29, 0.717) is 0 Å². The fourth-order valence-electron chi connectivity index (χ4n) is 1.26. The topological polar surface area (TPSA) is 71.5 Å². The first kappa shape index (κ1) is 14.2. The molecule has 0 bridgehead atoms. The molecular formula is C10H11F3N2O3. The molecule has 0 radical (unpaired) electrons. The number of methoxy groups -OCH3 is 1. The molecule has 2 N–H and O–H groups in total. The molecule has 8 heteroatoms. The lowest BCUT2D eigenvalue weighted by Gasteiger charge is -2.17. The molecule has 5 nitrogen and oxygen atoms in total. The van der Waals surface area contributed by atoms with Crippen molar-refractivity contribution in [3.8, 4) is 0 Å². The molecule has 0 saturated heterocycles. The van der Waals surface area contributed by atoms with Crippen LogP contribution in [0.5, 0.6) is 0 Å². The van der Waals surface area contributed by atoms with Crippen LogP contribution in [-0.4, -0.2) is 35.8 Å². The average molecular weight is 264 g/mol. The molecule has 1 rings (SSSR count). The maximum Gasteiger partial charge on any atom is 0.419 e. The number of hydrogen-bond donors (Lipinski definition) is 2. The summed E-state index contributed by atoms with van der Waals surface area (Å²) in [5.74, 6) is -1.86. The third-order valence-electron chi connectivity index (χ3n) is 2.06. The van der Waals surface area contributed by atoms with E-state index < -0.39 is 29.6 Å². The lowest BCUT2D eigenvalue weighted by molar-refractivity contribution is -0.140. The minimum Gasteiger partial charge on any atom is -0.480 e. The number of ether oxygens (including phenoxy) is 1. The van der Waals surface area contributed by atoms with Crippen molar-refractivity contribution in [1.82, 2.24) is 4.98 Å². The van der Waals surface area contributed by atoms with Crippen molar-refractivity contribution in [2.75, 3.05) is 19.0 Å². The van der Waals surface area contributed by atoms with Gasteiger partial charge in [0.05, 0.1) is 12.2 Å². The summed E-state index contributed by atoms with van der Waals surface area (Å²) in [6.07, 6.45) is -3.46. The van der Waals surface area contributed by atoms with Crippen LogP contribution in [0.1, 0.15) is 5.56 Å². The maximum atomic E-state index is 12.6. The Morgan fingerprint density at radius 2 is 2.28 bits per heavy atom. The van der Waals surface area contributed by atoms with E-state index in [2.05, 4.69) is 15.0 Å². The van der Waals surface area contributed by atoms with Gasteiger partial charge in [-0.05, 0) is 12.1 Å². The Kier molecular flexibility index (Phi) is 4.49. The zero-order valence-corrected chi connectivity index (χ0v) is 9.36. The molecule has 100 valence electrons. The summed E-state index contributed by atoms with van der Waals surface area (Å²) in [7, 11) is 1.25. The zero-order valence-electron chi connectivity index (χ0n) is 9.36. The number of nitrogens with zero attached hydrogens (tertiary/aromatic N) is 1. The largest absolute Gasteiger partial charge is 0.480 e. The Balaban J connectivity index is 2.99. The number of pyridine rings is 1. The van der Waals surface area contributed by atoms with Crippen molar-refractivity contribution in [3.05, 3.63) is 23.9 Å². The summed E-state index contributed by atoms with van der Waals surface area (Å²) in [5.41, 5.74) is -1.02. The number of nitrogens with one attached hydrogen (secondary N) is 1. The number of rotatable bonds is 5. The second kappa shape index (κ2) is 5.67. The van der Waals surface area contributed by atoms with E-state index in [1.54, 1.807) is 0 Å². The normalized spacial score (nSPS) is 13.1. The number of hydrogen-bond acceptors (Lipinski definition) is 4. The van der Waals surface area contributed by atoms with E-state index in [-0.39, 0.29) is 6.61 Å². The number of carboxylic acid groups (broad SMARTS) is 1. The Morgan fingerprint density at radius 1 is 1.61 bits per heavy atom. The lowest BCUT2D eigenvalue weighted by Crippen LogP contribution is -2.34. The highest BCUT2D eigenvalue weighted by Crippen LogP contribution is 2.33. The first-order valence-corrected chi connectivity index (χ1v) is 4.86. The van der Waals surface area contributed by atoms with Gasteiger partial charge in [-0.25, -0.2) is 9.78 Å². The Morgan fingerprint density at radius 3 is 2.78 bits per heavy atom. The number of aromatic nitrogens is 1. The number of carbonyl (C=O) groups is 1. The molecule has 1 atom stereocenters. The molecule has 0 aliphatic rings. The standard InChI is InChI=1S/C10H11F3N2O3/c1-18-5-7(9(16)17)15-8-6(10(11,12)13)3-2-4-14-8/h2-4,7H,5H2,1H3,(H,14,15)(H,16,17). The fourth-order valence-corrected chi connectivity index (χ4v) is 1.26. The number of carboxylic acids is 1. The molecule has 0 fully saturated rings. The molecular weight excluding hydrogens is 253 g/mol. The summed E-state index contributed by atoms with van der Waals surface area (Å²) in [6, 6.07) is 0.646. The average Bonchev–Trinajstić information content (AvgIpc) is 2.27. The van der Waals surface area contributed by atoms with E-state index in [4.69, 9.17) is 5.11 Å². The highest BCUT2D eigenvalue weighted by Gasteiger charge is 2.35. The van der Waals surface area contributed by atoms with Gasteiger partial charge in [-0.3, -0.25) is 0 Å². The van der Waals surface area contributed by atoms with Crippen LogP contribution in [0.25, 0.3) is 0 Å². The van der Waals surface area contributed by atoms with Crippen LogP contribution in [0.4, 0.5) is 19.0 Å². The minimum absolute atomic E-state index is 0.275. The van der Waals surface area contributed by atoms with E-state index >= 15 is 0 Å². The van der Waals surface area contributed by atoms with E-state index in [1.807, 2.05) is 0 Å². The van der Waals surface area contributed by atoms with Gasteiger partial charge in [0, 0.05) is 13.3 Å². The van der Waals surface area contributed by atoms with E-state index in [1.165, 1.54) is 7.11 Å². The highest BCUT2D eigenvalue weighted by molar-refractivity contribution is 5.77. The predicted octanol–water partition coefficient (Wildman–Crippen LogP) is 1.61. The third-order valence-corrected chi connectivity index (χ3v) is 2.06. The van der Waals surface area contributed by atoms with Crippen LogP contribution < -0.4 is 5.32 Å². The zero-order chi connectivity index (χ0) is 13.8. The van der Waals surface area contributed by atoms with E-state index in [9.17, 15) is 18.0 Å². The van der Waals surface area contributed by atoms with Crippen molar-refractivity contribution in [3.63, 3.8) is 0 Å². The number of anilines is 1. The van der Waals surface area contributed by atoms with Crippen molar-refractivity contribution in [2.24, 2.45) is 0 Å². The monoisotopic (exact) mass is 264 g/mol. The van der Waals surface area contributed by atoms with Gasteiger partial charge in [0.25, 0.3) is 0 Å². The quantitative estimate of drug-likeness (QED) is 0.845. The van der Waals surface area contributed by atoms with Crippen molar-refractivity contribution in [2.45, 2.75) is 12.2 Å². The first-order chi connectivity index (χ1) is 8.36. The van der Waals surface area contributed by atoms with Crippen LogP contribution >= 0.6 is 0 Å². The number of halogens is 3. The van der Waals surface area contributed by atoms with Gasteiger partial charge in [0.1, 0.15) is 11.9 Å². The van der Waals surface area contributed by atoms with Gasteiger partial charge in [0.15, 0.2) is 0 Å². The summed E-state index contributed by atoms with van der Waals surface area (Å²) < 4.78 is 42.5. The second-order valence-electron chi connectivity index (χ2n) is 3.39. The molecule has 1 aromatic heterocycles. The van der Waals surface area contributed by atoms with Crippen LogP contribution in [-0.2, 0) is 15.7 Å². The van der Waals surface area contributed by atoms with Crippen LogP contribution in [0, 0.1) is 0 Å². The van der Waals surface area contributed by atoms with E-state index in [0.717, 1.165) is 18.3 Å². The smallest absolute Gasteiger partial charge is 0.419 e. The van der Waals surface area contributed by atoms with Gasteiger partial charge >= 0.3 is 12.1 Å². The molecule has 0 aliphatic heterocycles. The maximum absolute atomic E-state index is 12.6. The lowest BCUT2D eigenvalue weighted by atomic mass is 10.2. The predicted molar refractivity (Wildman–Crippen MR) is 56.2 cm³/mol. The number of aliphatic carboxylic acids is 1. The molecule has 1 heterocycles. The molecule has 18 heavy (non-hydrogen) atoms. The van der Waals surface area contributed by atoms with Crippen molar-refractivity contribution >= 4 is 11.8 Å². The molecule has 1 aromatic rings. The summed E-state index contributed by atoms with van der Waals surface area (Å²) in [6.45, 7) is -0.275. The van der Waals surface area contributed by atoms with Gasteiger partial charge < -0.3 is 15.2 Å². The number of alkyl halides is 3. The minimum atomic E-state index is -4.60. The summed E-state index contributed by atoms with van der Waals surface area (Å²) in [5, 5.41) is 11.0. The van der Waals surface area contributed by atoms with Crippen molar-refractivity contribution < 1.29 is 27.8 Å². The molecule has 1 unspecified atom stereocenters. The second-order valence-corrected chi connectivity index (χ2v) is 3.39. The van der Waals surface area contributed by atoms with Crippen molar-refractivity contribution in [1.29, 1.82) is 0 Å². The molecule has 0 saturated carbocycles. The Labute approximate surface area is 101 Å². The van der Waals surface area contributed by atoms with Gasteiger partial charge in [-0.2, -0.15) is 13.2 Å². The fraction of sp³-hybridized carbons (Fsp3) is 0.400. The Bertz CT molecular complexity index is 423. The first-order valence-electron chi connectivity index (χ1n) is 4.86. The molecule has 0 aromatic carbocycles. The van der Waals surface area contributed by atoms with Crippen LogP contribution in [0.15, 0.2) is 18.3 Å². The molecule has 0 spiro atoms. The third kappa shape index (κ3) is 3.59. The Hall–Kier alpha value is -1.83. The molecule has 0 aliphatic carbocycles. The highest BCUT2D eigenvalue weighted by atomic mass is 19.4. The van der Waals surface area contributed by atoms with Gasteiger partial charge in [-0.15, -0.1) is 0 Å². The summed E-state index contributed by atoms with van der Waals surface area (Å²) in [4.78, 5) is 14.3. The van der Waals surface area contributed by atoms with Gasteiger partial charge in [0.2, 0.25) is 0 Å². The van der Waals surface area contributed by atoms with Gasteiger partial charge in [-0.1, -0.05) is 0 Å². The van der Waals surface area contributed by atoms with Crippen LogP contribution in [0.3, 0.4) is 0 Å².